The van der Waals surface area contributed by atoms with Gasteiger partial charge in [0.15, 0.2) is 5.78 Å². The molecular weight excluding hydrogens is 464 g/mol. The van der Waals surface area contributed by atoms with Crippen LogP contribution in [0.1, 0.15) is 39.7 Å². The summed E-state index contributed by atoms with van der Waals surface area (Å²) in [4.78, 5) is 50.5. The Balaban J connectivity index is 1.45. The monoisotopic (exact) mass is 488 g/mol. The number of furan rings is 1. The van der Waals surface area contributed by atoms with Gasteiger partial charge in [0.05, 0.1) is 4.91 Å². The minimum atomic E-state index is -0.545. The van der Waals surface area contributed by atoms with Crippen molar-refractivity contribution in [1.29, 1.82) is 0 Å². The molecule has 1 aromatic heterocycles. The van der Waals surface area contributed by atoms with Crippen LogP contribution in [0.5, 0.6) is 0 Å². The summed E-state index contributed by atoms with van der Waals surface area (Å²) in [6.07, 6.45) is 1.49. The molecule has 0 unspecified atom stereocenters. The number of aryl methyl sites for hydroxylation is 3. The molecule has 0 saturated carbocycles. The summed E-state index contributed by atoms with van der Waals surface area (Å²) in [7, 11) is 0. The van der Waals surface area contributed by atoms with E-state index in [1.165, 1.54) is 13.0 Å². The maximum atomic E-state index is 12.8. The van der Waals surface area contributed by atoms with E-state index in [-0.39, 0.29) is 17.2 Å². The van der Waals surface area contributed by atoms with Gasteiger partial charge in [-0.1, -0.05) is 42.0 Å². The number of Topliss-reactive ketones (excluding diaryl/α,β-unsaturated/α-hetero) is 1. The first-order valence-corrected chi connectivity index (χ1v) is 11.8. The van der Waals surface area contributed by atoms with Gasteiger partial charge in [-0.2, -0.15) is 0 Å². The average Bonchev–Trinajstić information content (AvgIpc) is 3.36. The molecule has 1 aliphatic heterocycles. The summed E-state index contributed by atoms with van der Waals surface area (Å²) < 4.78 is 5.81. The molecule has 8 heteroatoms. The van der Waals surface area contributed by atoms with E-state index in [1.54, 1.807) is 36.4 Å². The number of nitrogens with zero attached hydrogens (tertiary/aromatic N) is 1. The number of anilines is 1. The Hall–Kier alpha value is -3.91. The van der Waals surface area contributed by atoms with Crippen molar-refractivity contribution >= 4 is 46.4 Å². The van der Waals surface area contributed by atoms with Gasteiger partial charge >= 0.3 is 0 Å². The molecule has 0 bridgehead atoms. The van der Waals surface area contributed by atoms with Crippen molar-refractivity contribution < 1.29 is 23.6 Å². The number of ketones is 1. The topological polar surface area (TPSA) is 96.7 Å². The van der Waals surface area contributed by atoms with Gasteiger partial charge in [0, 0.05) is 22.9 Å². The number of nitrogens with one attached hydrogen (secondary N) is 1. The second kappa shape index (κ2) is 9.76. The summed E-state index contributed by atoms with van der Waals surface area (Å²) in [5.74, 6) is -0.0512. The number of hydrogen-bond acceptors (Lipinski definition) is 6. The molecule has 0 spiro atoms. The Morgan fingerprint density at radius 2 is 1.66 bits per heavy atom. The van der Waals surface area contributed by atoms with Gasteiger partial charge < -0.3 is 9.73 Å². The molecular formula is C27H24N2O5S. The van der Waals surface area contributed by atoms with Crippen LogP contribution < -0.4 is 5.32 Å². The molecule has 178 valence electrons. The molecule has 0 aliphatic carbocycles. The minimum absolute atomic E-state index is 0.0229. The van der Waals surface area contributed by atoms with Crippen LogP contribution in [0.25, 0.3) is 17.4 Å². The third kappa shape index (κ3) is 5.27. The van der Waals surface area contributed by atoms with Crippen molar-refractivity contribution in [3.63, 3.8) is 0 Å². The molecule has 0 atom stereocenters. The van der Waals surface area contributed by atoms with Gasteiger partial charge in [0.25, 0.3) is 11.1 Å². The molecule has 1 aliphatic rings. The van der Waals surface area contributed by atoms with Crippen molar-refractivity contribution in [2.45, 2.75) is 27.7 Å². The highest BCUT2D eigenvalue weighted by Gasteiger charge is 2.36. The van der Waals surface area contributed by atoms with E-state index >= 15 is 0 Å². The van der Waals surface area contributed by atoms with Gasteiger partial charge in [-0.3, -0.25) is 24.1 Å². The van der Waals surface area contributed by atoms with Crippen molar-refractivity contribution in [3.05, 3.63) is 81.5 Å². The molecule has 1 N–H and O–H groups in total. The zero-order valence-electron chi connectivity index (χ0n) is 19.8. The van der Waals surface area contributed by atoms with E-state index in [0.717, 1.165) is 38.9 Å². The summed E-state index contributed by atoms with van der Waals surface area (Å²) in [5, 5.41) is 2.30. The van der Waals surface area contributed by atoms with Gasteiger partial charge in [0.1, 0.15) is 18.1 Å². The van der Waals surface area contributed by atoms with Crippen LogP contribution in [0.4, 0.5) is 10.5 Å². The lowest BCUT2D eigenvalue weighted by atomic mass is 10.1. The van der Waals surface area contributed by atoms with E-state index in [1.807, 2.05) is 32.9 Å². The molecule has 4 rings (SSSR count). The van der Waals surface area contributed by atoms with E-state index in [4.69, 9.17) is 4.42 Å². The average molecular weight is 489 g/mol. The second-order valence-electron chi connectivity index (χ2n) is 8.43. The Labute approximate surface area is 207 Å². The number of amides is 3. The predicted molar refractivity (Wildman–Crippen MR) is 136 cm³/mol. The van der Waals surface area contributed by atoms with Gasteiger partial charge in [-0.05, 0) is 62.7 Å². The normalized spacial score (nSPS) is 14.6. The van der Waals surface area contributed by atoms with Crippen LogP contribution in [-0.2, 0) is 9.59 Å². The number of imide groups is 1. The number of carbonyl (C=O) groups excluding carboxylic acids is 4. The highest BCUT2D eigenvalue weighted by atomic mass is 32.2. The Morgan fingerprint density at radius 3 is 2.29 bits per heavy atom. The predicted octanol–water partition coefficient (Wildman–Crippen LogP) is 5.75. The number of hydrogen-bond donors (Lipinski definition) is 1. The molecule has 1 fully saturated rings. The van der Waals surface area contributed by atoms with E-state index in [2.05, 4.69) is 5.32 Å². The van der Waals surface area contributed by atoms with Crippen LogP contribution >= 0.6 is 11.8 Å². The first-order chi connectivity index (χ1) is 16.6. The fourth-order valence-electron chi connectivity index (χ4n) is 3.92. The van der Waals surface area contributed by atoms with Crippen molar-refractivity contribution in [1.82, 2.24) is 4.90 Å². The standard InChI is InChI=1S/C27H24N2O5S/c1-15-11-16(2)25(17(3)12-15)28-24(31)14-29-26(32)23(35-27(29)33)13-21-9-10-22(34-21)20-7-5-19(6-8-20)18(4)30/h5-13H,14H2,1-4H3,(H,28,31)/b23-13+. The fraction of sp³-hybridized carbons (Fsp3) is 0.185. The second-order valence-corrected chi connectivity index (χ2v) is 9.42. The van der Waals surface area contributed by atoms with Gasteiger partial charge in [0.2, 0.25) is 5.91 Å². The molecule has 7 nitrogen and oxygen atoms in total. The fourth-order valence-corrected chi connectivity index (χ4v) is 4.74. The van der Waals surface area contributed by atoms with Gasteiger partial charge in [-0.25, -0.2) is 0 Å². The third-order valence-corrected chi connectivity index (χ3v) is 6.50. The zero-order chi connectivity index (χ0) is 25.3. The maximum absolute atomic E-state index is 12.8. The first kappa shape index (κ1) is 24.2. The lowest BCUT2D eigenvalue weighted by Gasteiger charge is -2.15. The Morgan fingerprint density at radius 1 is 1.00 bits per heavy atom. The maximum Gasteiger partial charge on any atom is 0.294 e. The smallest absolute Gasteiger partial charge is 0.294 e. The molecule has 2 heterocycles. The Kier molecular flexibility index (Phi) is 6.75. The molecule has 3 amide bonds. The lowest BCUT2D eigenvalue weighted by molar-refractivity contribution is -0.127. The highest BCUT2D eigenvalue weighted by Crippen LogP contribution is 2.33. The summed E-state index contributed by atoms with van der Waals surface area (Å²) in [5.41, 5.74) is 4.97. The Bertz CT molecular complexity index is 1360. The quantitative estimate of drug-likeness (QED) is 0.351. The third-order valence-electron chi connectivity index (χ3n) is 5.59. The van der Waals surface area contributed by atoms with E-state index in [0.29, 0.717) is 22.8 Å². The number of thioether (sulfide) groups is 1. The summed E-state index contributed by atoms with van der Waals surface area (Å²) in [6.45, 7) is 6.90. The first-order valence-electron chi connectivity index (χ1n) is 11.0. The SMILES string of the molecule is CC(=O)c1ccc(-c2ccc(/C=C3/SC(=O)N(CC(=O)Nc4c(C)cc(C)cc4C)C3=O)o2)cc1. The van der Waals surface area contributed by atoms with Crippen LogP contribution in [0.3, 0.4) is 0 Å². The molecule has 3 aromatic rings. The van der Waals surface area contributed by atoms with Crippen LogP contribution in [0.15, 0.2) is 57.9 Å². The van der Waals surface area contributed by atoms with Crippen LogP contribution in [0.2, 0.25) is 0 Å². The number of benzene rings is 2. The molecule has 0 radical (unpaired) electrons. The van der Waals surface area contributed by atoms with Crippen molar-refractivity contribution in [2.24, 2.45) is 0 Å². The van der Waals surface area contributed by atoms with E-state index < -0.39 is 17.1 Å². The zero-order valence-corrected chi connectivity index (χ0v) is 20.6. The van der Waals surface area contributed by atoms with Crippen LogP contribution in [-0.4, -0.2) is 34.3 Å². The molecule has 2 aromatic carbocycles. The number of rotatable bonds is 6. The van der Waals surface area contributed by atoms with Crippen molar-refractivity contribution in [2.75, 3.05) is 11.9 Å². The molecule has 35 heavy (non-hydrogen) atoms. The summed E-state index contributed by atoms with van der Waals surface area (Å²) >= 11 is 0.764. The summed E-state index contributed by atoms with van der Waals surface area (Å²) in [6, 6.07) is 14.4. The van der Waals surface area contributed by atoms with E-state index in [9.17, 15) is 19.2 Å². The highest BCUT2D eigenvalue weighted by molar-refractivity contribution is 8.18. The van der Waals surface area contributed by atoms with Gasteiger partial charge in [-0.15, -0.1) is 0 Å². The number of carbonyl (C=O) groups is 4. The van der Waals surface area contributed by atoms with Crippen LogP contribution in [0, 0.1) is 20.8 Å². The lowest BCUT2D eigenvalue weighted by Crippen LogP contribution is -2.36. The largest absolute Gasteiger partial charge is 0.457 e. The van der Waals surface area contributed by atoms with Crippen molar-refractivity contribution in [3.8, 4) is 11.3 Å². The molecule has 1 saturated heterocycles. The minimum Gasteiger partial charge on any atom is -0.457 e.